The second-order valence-electron chi connectivity index (χ2n) is 4.28. The van der Waals surface area contributed by atoms with Crippen molar-refractivity contribution in [2.45, 2.75) is 0 Å². The fourth-order valence-corrected chi connectivity index (χ4v) is 2.14. The molecule has 5 heteroatoms. The summed E-state index contributed by atoms with van der Waals surface area (Å²) in [6.45, 7) is 0. The molecule has 0 radical (unpaired) electrons. The predicted molar refractivity (Wildman–Crippen MR) is 75.6 cm³/mol. The number of fused-ring (bicyclic) bond motifs is 1. The Balaban J connectivity index is 2.38. The normalized spacial score (nSPS) is 10.7. The molecule has 0 aliphatic rings. The van der Waals surface area contributed by atoms with E-state index in [2.05, 4.69) is 4.98 Å². The molecule has 0 saturated heterocycles. The Bertz CT molecular complexity index is 840. The van der Waals surface area contributed by atoms with E-state index in [0.29, 0.717) is 22.5 Å². The number of rotatable bonds is 2. The first-order valence-electron chi connectivity index (χ1n) is 6.05. The Morgan fingerprint density at radius 3 is 2.85 bits per heavy atom. The molecule has 0 atom stereocenters. The number of nitrogens with zero attached hydrogens (tertiary/aromatic N) is 2. The van der Waals surface area contributed by atoms with E-state index in [-0.39, 0.29) is 11.3 Å². The van der Waals surface area contributed by atoms with Gasteiger partial charge in [0.2, 0.25) is 0 Å². The van der Waals surface area contributed by atoms with E-state index in [1.54, 1.807) is 49.7 Å². The smallest absolute Gasteiger partial charge is 0.260 e. The number of benzene rings is 1. The lowest BCUT2D eigenvalue weighted by Gasteiger charge is -2.11. The zero-order valence-corrected chi connectivity index (χ0v) is 10.8. The standard InChI is InChI=1S/C15H12N2O3/c1-20-11-5-2-4-10(8-11)17-14(19)9-13(18)12-6-3-7-16-15(12)17/h2-9,18H,1H3. The van der Waals surface area contributed by atoms with Gasteiger partial charge in [-0.15, -0.1) is 0 Å². The maximum atomic E-state index is 12.2. The molecule has 0 unspecified atom stereocenters. The van der Waals surface area contributed by atoms with Crippen molar-refractivity contribution < 1.29 is 9.84 Å². The summed E-state index contributed by atoms with van der Waals surface area (Å²) >= 11 is 0. The third kappa shape index (κ3) is 1.89. The number of methoxy groups -OCH3 is 1. The Kier molecular flexibility index (Phi) is 2.87. The quantitative estimate of drug-likeness (QED) is 0.773. The van der Waals surface area contributed by atoms with Crippen molar-refractivity contribution >= 4 is 11.0 Å². The summed E-state index contributed by atoms with van der Waals surface area (Å²) in [5, 5.41) is 10.4. The minimum atomic E-state index is -0.345. The summed E-state index contributed by atoms with van der Waals surface area (Å²) in [6, 6.07) is 11.7. The predicted octanol–water partition coefficient (Wildman–Crippen LogP) is 2.10. The Labute approximate surface area is 114 Å². The van der Waals surface area contributed by atoms with Gasteiger partial charge in [0, 0.05) is 18.3 Å². The van der Waals surface area contributed by atoms with Crippen LogP contribution in [0.25, 0.3) is 16.7 Å². The lowest BCUT2D eigenvalue weighted by molar-refractivity contribution is 0.414. The molecule has 5 nitrogen and oxygen atoms in total. The first-order valence-corrected chi connectivity index (χ1v) is 6.05. The van der Waals surface area contributed by atoms with Gasteiger partial charge in [-0.1, -0.05) is 6.07 Å². The zero-order valence-electron chi connectivity index (χ0n) is 10.8. The molecule has 0 amide bonds. The van der Waals surface area contributed by atoms with E-state index in [1.165, 1.54) is 10.6 Å². The Morgan fingerprint density at radius 2 is 2.05 bits per heavy atom. The highest BCUT2D eigenvalue weighted by molar-refractivity contribution is 5.82. The van der Waals surface area contributed by atoms with Crippen LogP contribution in [0.1, 0.15) is 0 Å². The first kappa shape index (κ1) is 12.2. The molecule has 1 aromatic carbocycles. The topological polar surface area (TPSA) is 64.3 Å². The van der Waals surface area contributed by atoms with E-state index >= 15 is 0 Å². The van der Waals surface area contributed by atoms with Gasteiger partial charge in [0.15, 0.2) is 5.65 Å². The summed E-state index contributed by atoms with van der Waals surface area (Å²) in [4.78, 5) is 16.4. The second-order valence-corrected chi connectivity index (χ2v) is 4.28. The highest BCUT2D eigenvalue weighted by Crippen LogP contribution is 2.23. The number of ether oxygens (including phenoxy) is 1. The zero-order chi connectivity index (χ0) is 14.1. The number of hydrogen-bond donors (Lipinski definition) is 1. The van der Waals surface area contributed by atoms with E-state index in [1.807, 2.05) is 0 Å². The molecular formula is C15H12N2O3. The second kappa shape index (κ2) is 4.70. The van der Waals surface area contributed by atoms with Crippen molar-refractivity contribution in [3.8, 4) is 17.2 Å². The van der Waals surface area contributed by atoms with Crippen molar-refractivity contribution in [2.24, 2.45) is 0 Å². The molecule has 0 fully saturated rings. The molecule has 100 valence electrons. The maximum Gasteiger partial charge on any atom is 0.260 e. The molecule has 2 heterocycles. The van der Waals surface area contributed by atoms with Gasteiger partial charge < -0.3 is 9.84 Å². The first-order chi connectivity index (χ1) is 9.70. The summed E-state index contributed by atoms with van der Waals surface area (Å²) in [6.07, 6.45) is 1.58. The van der Waals surface area contributed by atoms with Gasteiger partial charge in [-0.25, -0.2) is 4.98 Å². The maximum absolute atomic E-state index is 12.2. The molecule has 3 aromatic rings. The number of aromatic nitrogens is 2. The minimum Gasteiger partial charge on any atom is -0.507 e. The van der Waals surface area contributed by atoms with Crippen LogP contribution in [0.2, 0.25) is 0 Å². The molecule has 0 spiro atoms. The van der Waals surface area contributed by atoms with Crippen LogP contribution in [0, 0.1) is 0 Å². The average Bonchev–Trinajstić information content (AvgIpc) is 2.47. The molecule has 1 N–H and O–H groups in total. The summed E-state index contributed by atoms with van der Waals surface area (Å²) in [5.41, 5.74) is 0.700. The third-order valence-electron chi connectivity index (χ3n) is 3.07. The van der Waals surface area contributed by atoms with Crippen molar-refractivity contribution in [1.82, 2.24) is 9.55 Å². The third-order valence-corrected chi connectivity index (χ3v) is 3.07. The van der Waals surface area contributed by atoms with Crippen LogP contribution in [-0.4, -0.2) is 21.8 Å². The molecule has 0 aliphatic heterocycles. The molecule has 20 heavy (non-hydrogen) atoms. The minimum absolute atomic E-state index is 0.0720. The van der Waals surface area contributed by atoms with Gasteiger partial charge in [-0.05, 0) is 24.3 Å². The van der Waals surface area contributed by atoms with Crippen LogP contribution in [0.5, 0.6) is 11.5 Å². The van der Waals surface area contributed by atoms with Crippen molar-refractivity contribution in [2.75, 3.05) is 7.11 Å². The van der Waals surface area contributed by atoms with E-state index < -0.39 is 0 Å². The van der Waals surface area contributed by atoms with Gasteiger partial charge in [-0.2, -0.15) is 0 Å². The fourth-order valence-electron chi connectivity index (χ4n) is 2.14. The van der Waals surface area contributed by atoms with Crippen LogP contribution < -0.4 is 10.3 Å². The van der Waals surface area contributed by atoms with Crippen LogP contribution in [-0.2, 0) is 0 Å². The van der Waals surface area contributed by atoms with Gasteiger partial charge >= 0.3 is 0 Å². The Hall–Kier alpha value is -2.82. The lowest BCUT2D eigenvalue weighted by atomic mass is 10.2. The van der Waals surface area contributed by atoms with Crippen molar-refractivity contribution in [1.29, 1.82) is 0 Å². The van der Waals surface area contributed by atoms with Gasteiger partial charge in [-0.3, -0.25) is 9.36 Å². The van der Waals surface area contributed by atoms with Crippen molar-refractivity contribution in [3.05, 3.63) is 59.0 Å². The highest BCUT2D eigenvalue weighted by atomic mass is 16.5. The Morgan fingerprint density at radius 1 is 1.20 bits per heavy atom. The monoisotopic (exact) mass is 268 g/mol. The van der Waals surface area contributed by atoms with Crippen LogP contribution in [0.15, 0.2) is 53.5 Å². The van der Waals surface area contributed by atoms with E-state index in [4.69, 9.17) is 4.74 Å². The molecular weight excluding hydrogens is 256 g/mol. The number of pyridine rings is 2. The van der Waals surface area contributed by atoms with Crippen LogP contribution >= 0.6 is 0 Å². The number of aromatic hydroxyl groups is 1. The largest absolute Gasteiger partial charge is 0.507 e. The summed E-state index contributed by atoms with van der Waals surface area (Å²) in [7, 11) is 1.56. The molecule has 2 aromatic heterocycles. The fraction of sp³-hybridized carbons (Fsp3) is 0.0667. The van der Waals surface area contributed by atoms with E-state index in [9.17, 15) is 9.90 Å². The van der Waals surface area contributed by atoms with Gasteiger partial charge in [0.1, 0.15) is 11.5 Å². The van der Waals surface area contributed by atoms with E-state index in [0.717, 1.165) is 0 Å². The van der Waals surface area contributed by atoms with Crippen LogP contribution in [0.4, 0.5) is 0 Å². The van der Waals surface area contributed by atoms with Gasteiger partial charge in [0.05, 0.1) is 18.2 Å². The SMILES string of the molecule is COc1cccc(-n2c(=O)cc(O)c3cccnc32)c1. The summed E-state index contributed by atoms with van der Waals surface area (Å²) in [5.74, 6) is 0.573. The molecule has 0 aliphatic carbocycles. The highest BCUT2D eigenvalue weighted by Gasteiger charge is 2.10. The number of hydrogen-bond acceptors (Lipinski definition) is 4. The van der Waals surface area contributed by atoms with Gasteiger partial charge in [0.25, 0.3) is 5.56 Å². The molecule has 0 bridgehead atoms. The summed E-state index contributed by atoms with van der Waals surface area (Å²) < 4.78 is 6.61. The average molecular weight is 268 g/mol. The molecule has 0 saturated carbocycles. The van der Waals surface area contributed by atoms with Crippen LogP contribution in [0.3, 0.4) is 0 Å². The lowest BCUT2D eigenvalue weighted by Crippen LogP contribution is -2.18. The van der Waals surface area contributed by atoms with Crippen molar-refractivity contribution in [3.63, 3.8) is 0 Å². The molecule has 3 rings (SSSR count).